The van der Waals surface area contributed by atoms with Gasteiger partial charge in [-0.2, -0.15) is 5.26 Å². The number of aromatic amines is 1. The molecule has 3 rings (SSSR count). The van der Waals surface area contributed by atoms with Crippen LogP contribution in [0.4, 0.5) is 0 Å². The molecule has 5 heteroatoms. The number of nitriles is 1. The molecular formula is C21H17ClN2O2. The predicted molar refractivity (Wildman–Crippen MR) is 104 cm³/mol. The first-order valence-corrected chi connectivity index (χ1v) is 8.58. The fourth-order valence-corrected chi connectivity index (χ4v) is 2.94. The van der Waals surface area contributed by atoms with E-state index in [4.69, 9.17) is 16.3 Å². The van der Waals surface area contributed by atoms with Crippen LogP contribution in [0.25, 0.3) is 28.2 Å². The molecule has 2 aromatic carbocycles. The minimum atomic E-state index is -0.638. The fraction of sp³-hybridized carbons (Fsp3) is 0.143. The molecule has 1 heterocycles. The van der Waals surface area contributed by atoms with Crippen molar-refractivity contribution in [3.63, 3.8) is 0 Å². The van der Waals surface area contributed by atoms with Crippen LogP contribution >= 0.6 is 11.6 Å². The second-order valence-corrected chi connectivity index (χ2v) is 6.30. The van der Waals surface area contributed by atoms with Gasteiger partial charge in [0.2, 0.25) is 0 Å². The Hall–Kier alpha value is -3.03. The van der Waals surface area contributed by atoms with E-state index in [0.29, 0.717) is 5.02 Å². The van der Waals surface area contributed by atoms with Gasteiger partial charge in [0.15, 0.2) is 0 Å². The van der Waals surface area contributed by atoms with Gasteiger partial charge in [0.25, 0.3) is 0 Å². The lowest BCUT2D eigenvalue weighted by Crippen LogP contribution is -2.06. The van der Waals surface area contributed by atoms with Crippen molar-refractivity contribution < 1.29 is 9.53 Å². The van der Waals surface area contributed by atoms with Gasteiger partial charge < -0.3 is 9.72 Å². The van der Waals surface area contributed by atoms with E-state index in [1.54, 1.807) is 19.1 Å². The minimum Gasteiger partial charge on any atom is -0.462 e. The second-order valence-electron chi connectivity index (χ2n) is 5.86. The first-order chi connectivity index (χ1) is 12.5. The number of carbonyl (C=O) groups is 1. The lowest BCUT2D eigenvalue weighted by atomic mass is 10.0. The fourth-order valence-electron chi connectivity index (χ4n) is 2.77. The van der Waals surface area contributed by atoms with E-state index < -0.39 is 5.97 Å². The third-order valence-electron chi connectivity index (χ3n) is 4.05. The number of H-pyrrole nitrogens is 1. The molecule has 4 nitrogen and oxygen atoms in total. The summed E-state index contributed by atoms with van der Waals surface area (Å²) in [7, 11) is 0. The molecule has 26 heavy (non-hydrogen) atoms. The van der Waals surface area contributed by atoms with Crippen LogP contribution in [0, 0.1) is 18.3 Å². The molecule has 0 atom stereocenters. The third-order valence-corrected chi connectivity index (χ3v) is 4.28. The first-order valence-electron chi connectivity index (χ1n) is 8.20. The molecule has 0 radical (unpaired) electrons. The van der Waals surface area contributed by atoms with Crippen molar-refractivity contribution in [2.45, 2.75) is 13.8 Å². The molecule has 3 aromatic rings. The number of rotatable bonds is 4. The number of nitrogens with one attached hydrogen (secondary N) is 1. The van der Waals surface area contributed by atoms with E-state index in [-0.39, 0.29) is 12.2 Å². The van der Waals surface area contributed by atoms with Gasteiger partial charge in [-0.15, -0.1) is 0 Å². The highest BCUT2D eigenvalue weighted by molar-refractivity contribution is 6.31. The van der Waals surface area contributed by atoms with Crippen molar-refractivity contribution in [3.8, 4) is 17.3 Å². The number of carbonyl (C=O) groups excluding carboxylic acids is 1. The molecule has 0 bridgehead atoms. The molecule has 0 amide bonds. The summed E-state index contributed by atoms with van der Waals surface area (Å²) in [5.74, 6) is -0.638. The highest BCUT2D eigenvalue weighted by Gasteiger charge is 2.16. The number of nitrogens with zero attached hydrogens (tertiary/aromatic N) is 1. The summed E-state index contributed by atoms with van der Waals surface area (Å²) in [5.41, 5.74) is 4.47. The largest absolute Gasteiger partial charge is 0.462 e. The molecule has 1 aromatic heterocycles. The van der Waals surface area contributed by atoms with Crippen LogP contribution in [0.1, 0.15) is 18.1 Å². The molecule has 0 aliphatic heterocycles. The molecular weight excluding hydrogens is 348 g/mol. The number of aromatic nitrogens is 1. The summed E-state index contributed by atoms with van der Waals surface area (Å²) < 4.78 is 4.97. The lowest BCUT2D eigenvalue weighted by molar-refractivity contribution is -0.137. The average molecular weight is 365 g/mol. The third kappa shape index (κ3) is 3.49. The molecule has 0 unspecified atom stereocenters. The van der Waals surface area contributed by atoms with Crippen LogP contribution in [0.15, 0.2) is 48.0 Å². The van der Waals surface area contributed by atoms with Crippen molar-refractivity contribution in [2.75, 3.05) is 6.61 Å². The molecule has 0 spiro atoms. The van der Waals surface area contributed by atoms with Gasteiger partial charge >= 0.3 is 5.97 Å². The second kappa shape index (κ2) is 7.47. The van der Waals surface area contributed by atoms with E-state index in [1.807, 2.05) is 49.4 Å². The number of fused-ring (bicyclic) bond motifs is 1. The Morgan fingerprint density at radius 1 is 1.27 bits per heavy atom. The maximum atomic E-state index is 12.0. The quantitative estimate of drug-likeness (QED) is 0.389. The number of esters is 1. The standard InChI is InChI=1S/C21H17ClN2O2/c1-3-26-21(25)15(12-23)10-18-17-11-16(22)8-9-19(17)24-20(18)14-6-4-13(2)5-7-14/h4-11,24H,3H2,1-2H3/b15-10-. The summed E-state index contributed by atoms with van der Waals surface area (Å²) in [6.07, 6.45) is 1.56. The van der Waals surface area contributed by atoms with E-state index in [0.717, 1.165) is 33.3 Å². The van der Waals surface area contributed by atoms with Gasteiger partial charge in [-0.25, -0.2) is 4.79 Å². The Bertz CT molecular complexity index is 1040. The van der Waals surface area contributed by atoms with Crippen molar-refractivity contribution >= 4 is 34.5 Å². The van der Waals surface area contributed by atoms with Crippen LogP contribution in [-0.2, 0) is 9.53 Å². The van der Waals surface area contributed by atoms with E-state index in [1.165, 1.54) is 0 Å². The highest BCUT2D eigenvalue weighted by Crippen LogP contribution is 2.33. The first kappa shape index (κ1) is 17.8. The number of ether oxygens (including phenoxy) is 1. The van der Waals surface area contributed by atoms with Crippen molar-refractivity contribution in [3.05, 3.63) is 64.2 Å². The van der Waals surface area contributed by atoms with Crippen molar-refractivity contribution in [2.24, 2.45) is 0 Å². The van der Waals surface area contributed by atoms with Gasteiger partial charge in [0.1, 0.15) is 11.6 Å². The summed E-state index contributed by atoms with van der Waals surface area (Å²) in [5, 5.41) is 10.8. The number of aryl methyl sites for hydroxylation is 1. The van der Waals surface area contributed by atoms with Gasteiger partial charge in [0, 0.05) is 21.5 Å². The smallest absolute Gasteiger partial charge is 0.348 e. The molecule has 1 N–H and O–H groups in total. The zero-order valence-corrected chi connectivity index (χ0v) is 15.2. The van der Waals surface area contributed by atoms with Crippen LogP contribution in [-0.4, -0.2) is 17.6 Å². The van der Waals surface area contributed by atoms with E-state index >= 15 is 0 Å². The number of hydrogen-bond donors (Lipinski definition) is 1. The number of benzene rings is 2. The molecule has 0 saturated heterocycles. The maximum absolute atomic E-state index is 12.0. The van der Waals surface area contributed by atoms with Crippen LogP contribution < -0.4 is 0 Å². The molecule has 0 aliphatic rings. The van der Waals surface area contributed by atoms with Gasteiger partial charge in [-0.1, -0.05) is 41.4 Å². The summed E-state index contributed by atoms with van der Waals surface area (Å²) >= 11 is 6.16. The van der Waals surface area contributed by atoms with Crippen LogP contribution in [0.3, 0.4) is 0 Å². The molecule has 130 valence electrons. The maximum Gasteiger partial charge on any atom is 0.348 e. The minimum absolute atomic E-state index is 0.0545. The summed E-state index contributed by atoms with van der Waals surface area (Å²) in [6, 6.07) is 15.4. The van der Waals surface area contributed by atoms with E-state index in [2.05, 4.69) is 4.98 Å². The van der Waals surface area contributed by atoms with E-state index in [9.17, 15) is 10.1 Å². The van der Waals surface area contributed by atoms with Gasteiger partial charge in [0.05, 0.1) is 12.3 Å². The Kier molecular flexibility index (Phi) is 5.11. The summed E-state index contributed by atoms with van der Waals surface area (Å²) in [6.45, 7) is 3.93. The predicted octanol–water partition coefficient (Wildman–Crippen LogP) is 5.27. The van der Waals surface area contributed by atoms with Crippen LogP contribution in [0.5, 0.6) is 0 Å². The SMILES string of the molecule is CCOC(=O)/C(C#N)=C\c1c(-c2ccc(C)cc2)[nH]c2ccc(Cl)cc12. The lowest BCUT2D eigenvalue weighted by Gasteiger charge is -2.04. The zero-order chi connectivity index (χ0) is 18.7. The van der Waals surface area contributed by atoms with Crippen molar-refractivity contribution in [1.82, 2.24) is 4.98 Å². The Labute approximate surface area is 156 Å². The van der Waals surface area contributed by atoms with Crippen molar-refractivity contribution in [1.29, 1.82) is 5.26 Å². The van der Waals surface area contributed by atoms with Gasteiger partial charge in [-0.3, -0.25) is 0 Å². The molecule has 0 fully saturated rings. The Morgan fingerprint density at radius 2 is 2.00 bits per heavy atom. The Morgan fingerprint density at radius 3 is 2.65 bits per heavy atom. The van der Waals surface area contributed by atoms with Gasteiger partial charge in [-0.05, 0) is 43.7 Å². The topological polar surface area (TPSA) is 65.9 Å². The zero-order valence-electron chi connectivity index (χ0n) is 14.5. The Balaban J connectivity index is 2.25. The monoisotopic (exact) mass is 364 g/mol. The highest BCUT2D eigenvalue weighted by atomic mass is 35.5. The molecule has 0 saturated carbocycles. The van der Waals surface area contributed by atoms with Crippen LogP contribution in [0.2, 0.25) is 5.02 Å². The molecule has 0 aliphatic carbocycles. The number of hydrogen-bond acceptors (Lipinski definition) is 3. The average Bonchev–Trinajstić information content (AvgIpc) is 2.98. The normalized spacial score (nSPS) is 11.4. The number of halogens is 1. The summed E-state index contributed by atoms with van der Waals surface area (Å²) in [4.78, 5) is 15.4.